The number of benzene rings is 1. The third-order valence-electron chi connectivity index (χ3n) is 2.81. The van der Waals surface area contributed by atoms with Gasteiger partial charge in [-0.3, -0.25) is 4.21 Å². The van der Waals surface area contributed by atoms with Gasteiger partial charge in [-0.05, 0) is 30.0 Å². The van der Waals surface area contributed by atoms with Gasteiger partial charge in [0.2, 0.25) is 0 Å². The highest BCUT2D eigenvalue weighted by molar-refractivity contribution is 7.84. The van der Waals surface area contributed by atoms with E-state index < -0.39 is 10.8 Å². The molecule has 88 valence electrons. The van der Waals surface area contributed by atoms with Crippen LogP contribution in [0.4, 0.5) is 0 Å². The molecule has 16 heavy (non-hydrogen) atoms. The van der Waals surface area contributed by atoms with E-state index in [4.69, 9.17) is 11.6 Å². The van der Waals surface area contributed by atoms with Crippen LogP contribution >= 0.6 is 11.6 Å². The van der Waals surface area contributed by atoms with Crippen LogP contribution in [-0.2, 0) is 16.6 Å². The van der Waals surface area contributed by atoms with E-state index in [2.05, 4.69) is 5.32 Å². The number of hydrogen-bond acceptors (Lipinski definition) is 2. The molecule has 0 aliphatic carbocycles. The largest absolute Gasteiger partial charge is 0.316 e. The molecule has 2 rings (SSSR count). The van der Waals surface area contributed by atoms with Crippen molar-refractivity contribution < 1.29 is 4.21 Å². The fraction of sp³-hybridized carbons (Fsp3) is 0.500. The molecule has 1 heterocycles. The molecule has 1 N–H and O–H groups in total. The molecule has 0 radical (unpaired) electrons. The van der Waals surface area contributed by atoms with Crippen molar-refractivity contribution in [2.45, 2.75) is 12.7 Å². The van der Waals surface area contributed by atoms with Crippen LogP contribution in [0.3, 0.4) is 0 Å². The normalized spacial score (nSPS) is 18.1. The molecule has 1 atom stereocenters. The summed E-state index contributed by atoms with van der Waals surface area (Å²) in [5, 5.41) is 3.92. The van der Waals surface area contributed by atoms with Gasteiger partial charge in [0.05, 0.1) is 5.75 Å². The van der Waals surface area contributed by atoms with Crippen molar-refractivity contribution in [3.8, 4) is 0 Å². The SMILES string of the molecule is Cc1ccc(CS(=O)CC2CNC2)c(Cl)c1. The number of hydrogen-bond donors (Lipinski definition) is 1. The number of aryl methyl sites for hydroxylation is 1. The van der Waals surface area contributed by atoms with Crippen LogP contribution in [0, 0.1) is 12.8 Å². The van der Waals surface area contributed by atoms with E-state index in [9.17, 15) is 4.21 Å². The molecule has 1 aromatic carbocycles. The van der Waals surface area contributed by atoms with Crippen molar-refractivity contribution in [3.63, 3.8) is 0 Å². The zero-order chi connectivity index (χ0) is 11.5. The molecule has 1 aromatic rings. The first-order chi connectivity index (χ1) is 7.65. The molecule has 0 amide bonds. The molecule has 1 fully saturated rings. The molecular formula is C12H16ClNOS. The van der Waals surface area contributed by atoms with Crippen LogP contribution in [-0.4, -0.2) is 23.1 Å². The molecule has 1 aliphatic rings. The van der Waals surface area contributed by atoms with Gasteiger partial charge in [0, 0.05) is 34.7 Å². The highest BCUT2D eigenvalue weighted by atomic mass is 35.5. The molecular weight excluding hydrogens is 242 g/mol. The Morgan fingerprint density at radius 3 is 2.81 bits per heavy atom. The smallest absolute Gasteiger partial charge is 0.0500 e. The van der Waals surface area contributed by atoms with Crippen molar-refractivity contribution in [1.29, 1.82) is 0 Å². The quantitative estimate of drug-likeness (QED) is 0.895. The minimum absolute atomic E-state index is 0.579. The van der Waals surface area contributed by atoms with Crippen LogP contribution in [0.1, 0.15) is 11.1 Å². The molecule has 1 aliphatic heterocycles. The van der Waals surface area contributed by atoms with Crippen LogP contribution in [0.15, 0.2) is 18.2 Å². The van der Waals surface area contributed by atoms with E-state index in [1.807, 2.05) is 25.1 Å². The van der Waals surface area contributed by atoms with Gasteiger partial charge >= 0.3 is 0 Å². The van der Waals surface area contributed by atoms with Gasteiger partial charge in [-0.1, -0.05) is 23.7 Å². The second-order valence-corrected chi connectivity index (χ2v) is 6.28. The van der Waals surface area contributed by atoms with E-state index in [0.29, 0.717) is 11.7 Å². The maximum absolute atomic E-state index is 11.9. The fourth-order valence-corrected chi connectivity index (χ4v) is 3.59. The molecule has 0 bridgehead atoms. The van der Waals surface area contributed by atoms with E-state index in [-0.39, 0.29) is 0 Å². The Balaban J connectivity index is 1.94. The third-order valence-corrected chi connectivity index (χ3v) is 4.64. The van der Waals surface area contributed by atoms with Crippen molar-refractivity contribution in [1.82, 2.24) is 5.32 Å². The molecule has 4 heteroatoms. The van der Waals surface area contributed by atoms with Crippen molar-refractivity contribution >= 4 is 22.4 Å². The van der Waals surface area contributed by atoms with E-state index >= 15 is 0 Å². The second kappa shape index (κ2) is 5.30. The summed E-state index contributed by atoms with van der Waals surface area (Å²) in [6, 6.07) is 5.93. The lowest BCUT2D eigenvalue weighted by Gasteiger charge is -2.26. The van der Waals surface area contributed by atoms with Gasteiger partial charge in [0.25, 0.3) is 0 Å². The molecule has 0 aromatic heterocycles. The topological polar surface area (TPSA) is 29.1 Å². The second-order valence-electron chi connectivity index (χ2n) is 4.37. The van der Waals surface area contributed by atoms with Crippen molar-refractivity contribution in [3.05, 3.63) is 34.3 Å². The van der Waals surface area contributed by atoms with E-state index in [1.165, 1.54) is 0 Å². The first-order valence-electron chi connectivity index (χ1n) is 5.46. The third kappa shape index (κ3) is 3.06. The Hall–Kier alpha value is -0.380. The lowest BCUT2D eigenvalue weighted by Crippen LogP contribution is -2.44. The summed E-state index contributed by atoms with van der Waals surface area (Å²) in [4.78, 5) is 0. The zero-order valence-corrected chi connectivity index (χ0v) is 10.9. The van der Waals surface area contributed by atoms with Crippen LogP contribution in [0.2, 0.25) is 5.02 Å². The molecule has 2 nitrogen and oxygen atoms in total. The highest BCUT2D eigenvalue weighted by Crippen LogP contribution is 2.20. The Bertz CT molecular complexity index is 404. The minimum atomic E-state index is -0.791. The summed E-state index contributed by atoms with van der Waals surface area (Å²) in [5.41, 5.74) is 2.14. The lowest BCUT2D eigenvalue weighted by atomic mass is 10.1. The van der Waals surface area contributed by atoms with Gasteiger partial charge in [0.1, 0.15) is 0 Å². The predicted octanol–water partition coefficient (Wildman–Crippen LogP) is 2.12. The number of halogens is 1. The van der Waals surface area contributed by atoms with E-state index in [1.54, 1.807) is 0 Å². The molecule has 0 saturated carbocycles. The Labute approximate surface area is 104 Å². The van der Waals surface area contributed by atoms with Crippen LogP contribution < -0.4 is 5.32 Å². The summed E-state index contributed by atoms with van der Waals surface area (Å²) in [5.74, 6) is 1.96. The van der Waals surface area contributed by atoms with Gasteiger partial charge in [-0.15, -0.1) is 0 Å². The first-order valence-corrected chi connectivity index (χ1v) is 7.32. The fourth-order valence-electron chi connectivity index (χ4n) is 1.73. The summed E-state index contributed by atoms with van der Waals surface area (Å²) in [7, 11) is -0.791. The van der Waals surface area contributed by atoms with Crippen molar-refractivity contribution in [2.75, 3.05) is 18.8 Å². The lowest BCUT2D eigenvalue weighted by molar-refractivity contribution is 0.382. The van der Waals surface area contributed by atoms with Crippen LogP contribution in [0.5, 0.6) is 0 Å². The average molecular weight is 258 g/mol. The summed E-state index contributed by atoms with van der Waals surface area (Å²) >= 11 is 6.11. The van der Waals surface area contributed by atoms with Gasteiger partial charge in [-0.25, -0.2) is 0 Å². The monoisotopic (exact) mass is 257 g/mol. The Morgan fingerprint density at radius 2 is 2.25 bits per heavy atom. The molecule has 1 unspecified atom stereocenters. The first kappa shape index (κ1) is 12.1. The predicted molar refractivity (Wildman–Crippen MR) is 69.3 cm³/mol. The summed E-state index contributed by atoms with van der Waals surface area (Å²) in [6.45, 7) is 4.02. The van der Waals surface area contributed by atoms with E-state index in [0.717, 1.165) is 35.0 Å². The van der Waals surface area contributed by atoms with Gasteiger partial charge < -0.3 is 5.32 Å². The number of nitrogens with one attached hydrogen (secondary N) is 1. The standard InChI is InChI=1S/C12H16ClNOS/c1-9-2-3-11(12(13)4-9)8-16(15)7-10-5-14-6-10/h2-4,10,14H,5-8H2,1H3. The van der Waals surface area contributed by atoms with Crippen molar-refractivity contribution in [2.24, 2.45) is 5.92 Å². The Kier molecular flexibility index (Phi) is 4.00. The van der Waals surface area contributed by atoms with Gasteiger partial charge in [-0.2, -0.15) is 0 Å². The highest BCUT2D eigenvalue weighted by Gasteiger charge is 2.19. The van der Waals surface area contributed by atoms with Gasteiger partial charge in [0.15, 0.2) is 0 Å². The summed E-state index contributed by atoms with van der Waals surface area (Å²) in [6.07, 6.45) is 0. The average Bonchev–Trinajstić information content (AvgIpc) is 2.16. The maximum atomic E-state index is 11.9. The minimum Gasteiger partial charge on any atom is -0.316 e. The maximum Gasteiger partial charge on any atom is 0.0500 e. The molecule has 1 saturated heterocycles. The molecule has 0 spiro atoms. The zero-order valence-electron chi connectivity index (χ0n) is 9.33. The number of rotatable bonds is 4. The summed E-state index contributed by atoms with van der Waals surface area (Å²) < 4.78 is 11.9. The van der Waals surface area contributed by atoms with Crippen LogP contribution in [0.25, 0.3) is 0 Å². The Morgan fingerprint density at radius 1 is 1.50 bits per heavy atom.